The molecule has 1 aromatic rings. The Balaban J connectivity index is 2.03. The first kappa shape index (κ1) is 14.3. The lowest BCUT2D eigenvalue weighted by atomic mass is 10.1. The second kappa shape index (κ2) is 6.38. The molecule has 108 valence electrons. The van der Waals surface area contributed by atoms with Crippen molar-refractivity contribution < 1.29 is 14.7 Å². The van der Waals surface area contributed by atoms with Gasteiger partial charge in [0.25, 0.3) is 5.91 Å². The van der Waals surface area contributed by atoms with Crippen molar-refractivity contribution >= 4 is 11.7 Å². The summed E-state index contributed by atoms with van der Waals surface area (Å²) in [5, 5.41) is 11.6. The SMILES string of the molecule is CN(Cc1cccc(C(N)=NO)c1)C(=O)C1CCCO1. The highest BCUT2D eigenvalue weighted by Crippen LogP contribution is 2.16. The fraction of sp³-hybridized carbons (Fsp3) is 0.429. The van der Waals surface area contributed by atoms with Gasteiger partial charge in [-0.1, -0.05) is 23.4 Å². The van der Waals surface area contributed by atoms with Crippen LogP contribution < -0.4 is 5.73 Å². The minimum Gasteiger partial charge on any atom is -0.409 e. The maximum absolute atomic E-state index is 12.1. The van der Waals surface area contributed by atoms with Gasteiger partial charge < -0.3 is 20.6 Å². The summed E-state index contributed by atoms with van der Waals surface area (Å²) in [7, 11) is 1.75. The molecule has 6 heteroatoms. The number of rotatable bonds is 4. The van der Waals surface area contributed by atoms with Gasteiger partial charge in [0, 0.05) is 25.8 Å². The zero-order chi connectivity index (χ0) is 14.5. The van der Waals surface area contributed by atoms with Crippen LogP contribution in [0.25, 0.3) is 0 Å². The van der Waals surface area contributed by atoms with Crippen LogP contribution in [0.15, 0.2) is 29.4 Å². The molecular weight excluding hydrogens is 258 g/mol. The molecule has 1 fully saturated rings. The Morgan fingerprint density at radius 2 is 2.40 bits per heavy atom. The largest absolute Gasteiger partial charge is 0.409 e. The predicted molar refractivity (Wildman–Crippen MR) is 74.4 cm³/mol. The van der Waals surface area contributed by atoms with E-state index in [9.17, 15) is 4.79 Å². The van der Waals surface area contributed by atoms with Crippen LogP contribution in [0, 0.1) is 0 Å². The number of amidine groups is 1. The number of nitrogens with zero attached hydrogens (tertiary/aromatic N) is 2. The summed E-state index contributed by atoms with van der Waals surface area (Å²) in [6.45, 7) is 1.12. The van der Waals surface area contributed by atoms with Crippen molar-refractivity contribution in [3.63, 3.8) is 0 Å². The van der Waals surface area contributed by atoms with Crippen LogP contribution in [-0.2, 0) is 16.1 Å². The number of ether oxygens (including phenoxy) is 1. The maximum Gasteiger partial charge on any atom is 0.251 e. The van der Waals surface area contributed by atoms with Crippen LogP contribution in [-0.4, -0.2) is 41.6 Å². The molecule has 6 nitrogen and oxygen atoms in total. The molecule has 0 aliphatic carbocycles. The van der Waals surface area contributed by atoms with Gasteiger partial charge in [-0.3, -0.25) is 4.79 Å². The topological polar surface area (TPSA) is 88.1 Å². The molecule has 20 heavy (non-hydrogen) atoms. The van der Waals surface area contributed by atoms with Crippen LogP contribution in [0.3, 0.4) is 0 Å². The molecule has 0 bridgehead atoms. The molecule has 3 N–H and O–H groups in total. The Morgan fingerprint density at radius 1 is 1.60 bits per heavy atom. The van der Waals surface area contributed by atoms with Crippen molar-refractivity contribution in [1.82, 2.24) is 4.90 Å². The van der Waals surface area contributed by atoms with Crippen molar-refractivity contribution in [3.8, 4) is 0 Å². The molecule has 1 aliphatic heterocycles. The molecule has 1 atom stereocenters. The summed E-state index contributed by atoms with van der Waals surface area (Å²) in [5.41, 5.74) is 7.10. The van der Waals surface area contributed by atoms with E-state index < -0.39 is 0 Å². The van der Waals surface area contributed by atoms with Crippen LogP contribution in [0.5, 0.6) is 0 Å². The van der Waals surface area contributed by atoms with E-state index >= 15 is 0 Å². The third-order valence-corrected chi connectivity index (χ3v) is 3.33. The van der Waals surface area contributed by atoms with E-state index in [-0.39, 0.29) is 17.8 Å². The van der Waals surface area contributed by atoms with Gasteiger partial charge in [0.15, 0.2) is 5.84 Å². The predicted octanol–water partition coefficient (Wildman–Crippen LogP) is 0.919. The number of hydrogen-bond acceptors (Lipinski definition) is 4. The summed E-state index contributed by atoms with van der Waals surface area (Å²) in [5.74, 6) is 0.0525. The van der Waals surface area contributed by atoms with Crippen LogP contribution in [0.2, 0.25) is 0 Å². The number of benzene rings is 1. The van der Waals surface area contributed by atoms with Gasteiger partial charge in [-0.05, 0) is 24.5 Å². The van der Waals surface area contributed by atoms with Crippen LogP contribution >= 0.6 is 0 Å². The second-order valence-electron chi connectivity index (χ2n) is 4.88. The standard InChI is InChI=1S/C14H19N3O3/c1-17(14(18)12-6-3-7-20-12)9-10-4-2-5-11(8-10)13(15)16-19/h2,4-5,8,12,19H,3,6-7,9H2,1H3,(H2,15,16). The number of oxime groups is 1. The van der Waals surface area contributed by atoms with Gasteiger partial charge in [0.2, 0.25) is 0 Å². The highest BCUT2D eigenvalue weighted by molar-refractivity contribution is 5.97. The van der Waals surface area contributed by atoms with E-state index in [0.717, 1.165) is 18.4 Å². The Morgan fingerprint density at radius 3 is 3.05 bits per heavy atom. The molecule has 0 radical (unpaired) electrons. The van der Waals surface area contributed by atoms with Crippen molar-refractivity contribution in [3.05, 3.63) is 35.4 Å². The second-order valence-corrected chi connectivity index (χ2v) is 4.88. The number of hydrogen-bond donors (Lipinski definition) is 2. The average molecular weight is 277 g/mol. The van der Waals surface area contributed by atoms with Gasteiger partial charge in [0.05, 0.1) is 0 Å². The van der Waals surface area contributed by atoms with Gasteiger partial charge in [-0.15, -0.1) is 0 Å². The third-order valence-electron chi connectivity index (χ3n) is 3.33. The number of amides is 1. The van der Waals surface area contributed by atoms with E-state index in [1.165, 1.54) is 0 Å². The van der Waals surface area contributed by atoms with Crippen molar-refractivity contribution in [2.75, 3.05) is 13.7 Å². The monoisotopic (exact) mass is 277 g/mol. The first-order chi connectivity index (χ1) is 9.61. The summed E-state index contributed by atoms with van der Waals surface area (Å²) in [4.78, 5) is 13.8. The van der Waals surface area contributed by atoms with E-state index in [1.807, 2.05) is 12.1 Å². The lowest BCUT2D eigenvalue weighted by Gasteiger charge is -2.20. The van der Waals surface area contributed by atoms with Crippen molar-refractivity contribution in [1.29, 1.82) is 0 Å². The van der Waals surface area contributed by atoms with Crippen LogP contribution in [0.4, 0.5) is 0 Å². The lowest BCUT2D eigenvalue weighted by molar-refractivity contribution is -0.140. The van der Waals surface area contributed by atoms with E-state index in [4.69, 9.17) is 15.7 Å². The Bertz CT molecular complexity index is 510. The highest BCUT2D eigenvalue weighted by Gasteiger charge is 2.26. The summed E-state index contributed by atoms with van der Waals surface area (Å²) in [6.07, 6.45) is 1.41. The number of nitrogens with two attached hydrogens (primary N) is 1. The maximum atomic E-state index is 12.1. The smallest absolute Gasteiger partial charge is 0.251 e. The van der Waals surface area contributed by atoms with Gasteiger partial charge in [0.1, 0.15) is 6.10 Å². The van der Waals surface area contributed by atoms with E-state index in [0.29, 0.717) is 18.7 Å². The van der Waals surface area contributed by atoms with E-state index in [1.54, 1.807) is 24.1 Å². The quantitative estimate of drug-likeness (QED) is 0.371. The minimum absolute atomic E-state index is 0.00306. The third kappa shape index (κ3) is 3.27. The Kier molecular flexibility index (Phi) is 4.57. The normalized spacial score (nSPS) is 19.1. The molecule has 1 aromatic carbocycles. The highest BCUT2D eigenvalue weighted by atomic mass is 16.5. The van der Waals surface area contributed by atoms with Crippen LogP contribution in [0.1, 0.15) is 24.0 Å². The summed E-state index contributed by atoms with van der Waals surface area (Å²) in [6, 6.07) is 7.26. The molecule has 0 saturated carbocycles. The number of carbonyl (C=O) groups excluding carboxylic acids is 1. The lowest BCUT2D eigenvalue weighted by Crippen LogP contribution is -2.35. The molecule has 1 saturated heterocycles. The van der Waals surface area contributed by atoms with Crippen molar-refractivity contribution in [2.24, 2.45) is 10.9 Å². The Hall–Kier alpha value is -2.08. The Labute approximate surface area is 117 Å². The zero-order valence-corrected chi connectivity index (χ0v) is 11.5. The summed E-state index contributed by atoms with van der Waals surface area (Å²) < 4.78 is 5.39. The van der Waals surface area contributed by atoms with E-state index in [2.05, 4.69) is 5.16 Å². The van der Waals surface area contributed by atoms with Gasteiger partial charge in [-0.2, -0.15) is 0 Å². The molecule has 1 heterocycles. The first-order valence-electron chi connectivity index (χ1n) is 6.55. The molecule has 0 spiro atoms. The number of likely N-dealkylation sites (N-methyl/N-ethyl adjacent to an activating group) is 1. The van der Waals surface area contributed by atoms with Crippen molar-refractivity contribution in [2.45, 2.75) is 25.5 Å². The fourth-order valence-electron chi connectivity index (χ4n) is 2.26. The first-order valence-corrected chi connectivity index (χ1v) is 6.55. The fourth-order valence-corrected chi connectivity index (χ4v) is 2.26. The van der Waals surface area contributed by atoms with Gasteiger partial charge >= 0.3 is 0 Å². The van der Waals surface area contributed by atoms with Gasteiger partial charge in [-0.25, -0.2) is 0 Å². The number of carbonyl (C=O) groups is 1. The zero-order valence-electron chi connectivity index (χ0n) is 11.5. The molecule has 1 amide bonds. The molecule has 1 aliphatic rings. The molecule has 2 rings (SSSR count). The summed E-state index contributed by atoms with van der Waals surface area (Å²) >= 11 is 0. The molecule has 0 aromatic heterocycles. The molecule has 1 unspecified atom stereocenters. The molecular formula is C14H19N3O3. The average Bonchev–Trinajstić information content (AvgIpc) is 3.00. The minimum atomic E-state index is -0.313.